The molecule has 0 aliphatic rings. The first-order chi connectivity index (χ1) is 11.3. The third-order valence-corrected chi connectivity index (χ3v) is 4.46. The van der Waals surface area contributed by atoms with Gasteiger partial charge in [0.2, 0.25) is 0 Å². The van der Waals surface area contributed by atoms with E-state index in [9.17, 15) is 4.79 Å². The van der Waals surface area contributed by atoms with Crippen molar-refractivity contribution in [2.24, 2.45) is 0 Å². The molecule has 0 atom stereocenters. The zero-order valence-electron chi connectivity index (χ0n) is 12.7. The van der Waals surface area contributed by atoms with Gasteiger partial charge in [-0.05, 0) is 48.5 Å². The van der Waals surface area contributed by atoms with Gasteiger partial charge in [0.05, 0.1) is 7.11 Å². The normalized spacial score (nSPS) is 10.3. The smallest absolute Gasteiger partial charge is 0.193 e. The highest BCUT2D eigenvalue weighted by atomic mass is 32.2. The Balaban J connectivity index is 1.72. The van der Waals surface area contributed by atoms with Gasteiger partial charge in [-0.3, -0.25) is 4.79 Å². The molecule has 23 heavy (non-hydrogen) atoms. The summed E-state index contributed by atoms with van der Waals surface area (Å²) in [5.41, 5.74) is 1.42. The Labute approximate surface area is 140 Å². The maximum atomic E-state index is 12.4. The molecule has 0 aliphatic heterocycles. The predicted octanol–water partition coefficient (Wildman–Crippen LogP) is 5.08. The first-order valence-electron chi connectivity index (χ1n) is 7.28. The molecule has 0 radical (unpaired) electrons. The molecule has 0 saturated carbocycles. The van der Waals surface area contributed by atoms with Gasteiger partial charge in [0.15, 0.2) is 5.78 Å². The predicted molar refractivity (Wildman–Crippen MR) is 93.4 cm³/mol. The van der Waals surface area contributed by atoms with Gasteiger partial charge in [-0.1, -0.05) is 42.1 Å². The summed E-state index contributed by atoms with van der Waals surface area (Å²) in [7, 11) is 1.66. The van der Waals surface area contributed by atoms with E-state index in [2.05, 4.69) is 0 Å². The lowest BCUT2D eigenvalue weighted by Crippen LogP contribution is -2.00. The van der Waals surface area contributed by atoms with E-state index in [1.807, 2.05) is 78.9 Å². The van der Waals surface area contributed by atoms with Crippen LogP contribution in [-0.4, -0.2) is 12.9 Å². The van der Waals surface area contributed by atoms with Crippen LogP contribution in [0.2, 0.25) is 0 Å². The van der Waals surface area contributed by atoms with Gasteiger partial charge in [-0.15, -0.1) is 0 Å². The third-order valence-electron chi connectivity index (χ3n) is 3.45. The highest BCUT2D eigenvalue weighted by molar-refractivity contribution is 7.99. The molecule has 0 fully saturated rings. The largest absolute Gasteiger partial charge is 0.497 e. The molecule has 3 aromatic carbocycles. The zero-order valence-corrected chi connectivity index (χ0v) is 13.5. The van der Waals surface area contributed by atoms with Crippen molar-refractivity contribution in [3.8, 4) is 5.75 Å². The molecule has 0 spiro atoms. The second-order valence-electron chi connectivity index (χ2n) is 5.00. The summed E-state index contributed by atoms with van der Waals surface area (Å²) in [6, 6.07) is 25.0. The lowest BCUT2D eigenvalue weighted by atomic mass is 10.0. The van der Waals surface area contributed by atoms with Gasteiger partial charge in [0, 0.05) is 20.9 Å². The molecule has 3 aromatic rings. The molecule has 3 rings (SSSR count). The van der Waals surface area contributed by atoms with E-state index in [1.165, 1.54) is 0 Å². The van der Waals surface area contributed by atoms with E-state index in [0.717, 1.165) is 15.5 Å². The number of hydrogen-bond donors (Lipinski definition) is 0. The van der Waals surface area contributed by atoms with Crippen LogP contribution in [0.4, 0.5) is 0 Å². The molecule has 0 unspecified atom stereocenters. The molecule has 0 amide bonds. The first kappa shape index (κ1) is 15.4. The lowest BCUT2D eigenvalue weighted by Gasteiger charge is -2.05. The summed E-state index contributed by atoms with van der Waals surface area (Å²) in [4.78, 5) is 14.6. The molecule has 0 aliphatic carbocycles. The van der Waals surface area contributed by atoms with Crippen LogP contribution in [0.5, 0.6) is 5.75 Å². The molecular formula is C20H16O2S. The minimum absolute atomic E-state index is 0.0478. The number of ether oxygens (including phenoxy) is 1. The fourth-order valence-electron chi connectivity index (χ4n) is 2.21. The summed E-state index contributed by atoms with van der Waals surface area (Å²) in [6.07, 6.45) is 0. The fraction of sp³-hybridized carbons (Fsp3) is 0.0500. The van der Waals surface area contributed by atoms with Crippen molar-refractivity contribution >= 4 is 17.5 Å². The highest BCUT2D eigenvalue weighted by Gasteiger charge is 2.08. The van der Waals surface area contributed by atoms with E-state index in [0.29, 0.717) is 11.1 Å². The minimum atomic E-state index is 0.0478. The minimum Gasteiger partial charge on any atom is -0.497 e. The number of carbonyl (C=O) groups excluding carboxylic acids is 1. The van der Waals surface area contributed by atoms with Crippen LogP contribution in [-0.2, 0) is 0 Å². The van der Waals surface area contributed by atoms with E-state index in [-0.39, 0.29) is 5.78 Å². The molecule has 0 aromatic heterocycles. The fourth-order valence-corrected chi connectivity index (χ4v) is 3.03. The Hall–Kier alpha value is -2.52. The Morgan fingerprint density at radius 1 is 0.739 bits per heavy atom. The van der Waals surface area contributed by atoms with Crippen molar-refractivity contribution in [2.75, 3.05) is 7.11 Å². The number of hydrogen-bond acceptors (Lipinski definition) is 3. The third kappa shape index (κ3) is 3.82. The van der Waals surface area contributed by atoms with Crippen molar-refractivity contribution in [3.05, 3.63) is 90.0 Å². The van der Waals surface area contributed by atoms with Crippen molar-refractivity contribution in [1.29, 1.82) is 0 Å². The second-order valence-corrected chi connectivity index (χ2v) is 6.14. The van der Waals surface area contributed by atoms with Crippen LogP contribution < -0.4 is 4.74 Å². The van der Waals surface area contributed by atoms with Gasteiger partial charge in [0.1, 0.15) is 5.75 Å². The standard InChI is InChI=1S/C20H16O2S/c1-22-17-9-13-19(14-10-17)23-18-11-7-16(8-12-18)20(21)15-5-3-2-4-6-15/h2-14H,1H3. The lowest BCUT2D eigenvalue weighted by molar-refractivity contribution is 0.103. The van der Waals surface area contributed by atoms with Crippen LogP contribution >= 0.6 is 11.8 Å². The van der Waals surface area contributed by atoms with Crippen molar-refractivity contribution in [1.82, 2.24) is 0 Å². The molecule has 0 N–H and O–H groups in total. The quantitative estimate of drug-likeness (QED) is 0.613. The summed E-state index contributed by atoms with van der Waals surface area (Å²) in [6.45, 7) is 0. The van der Waals surface area contributed by atoms with Crippen LogP contribution in [0.15, 0.2) is 88.7 Å². The molecule has 0 saturated heterocycles. The van der Waals surface area contributed by atoms with Crippen molar-refractivity contribution in [2.45, 2.75) is 9.79 Å². The van der Waals surface area contributed by atoms with Gasteiger partial charge in [-0.25, -0.2) is 0 Å². The molecule has 0 bridgehead atoms. The van der Waals surface area contributed by atoms with Crippen LogP contribution in [0.1, 0.15) is 15.9 Å². The Morgan fingerprint density at radius 3 is 1.83 bits per heavy atom. The zero-order chi connectivity index (χ0) is 16.1. The summed E-state index contributed by atoms with van der Waals surface area (Å²) >= 11 is 1.66. The molecule has 3 heteroatoms. The number of methoxy groups -OCH3 is 1. The number of rotatable bonds is 5. The average molecular weight is 320 g/mol. The van der Waals surface area contributed by atoms with Crippen LogP contribution in [0.25, 0.3) is 0 Å². The van der Waals surface area contributed by atoms with Crippen molar-refractivity contribution in [3.63, 3.8) is 0 Å². The van der Waals surface area contributed by atoms with Gasteiger partial charge >= 0.3 is 0 Å². The van der Waals surface area contributed by atoms with Crippen LogP contribution in [0.3, 0.4) is 0 Å². The van der Waals surface area contributed by atoms with E-state index in [1.54, 1.807) is 18.9 Å². The Kier molecular flexibility index (Phi) is 4.79. The SMILES string of the molecule is COc1ccc(Sc2ccc(C(=O)c3ccccc3)cc2)cc1. The van der Waals surface area contributed by atoms with E-state index < -0.39 is 0 Å². The average Bonchev–Trinajstić information content (AvgIpc) is 2.63. The van der Waals surface area contributed by atoms with Gasteiger partial charge in [0.25, 0.3) is 0 Å². The first-order valence-corrected chi connectivity index (χ1v) is 8.09. The monoisotopic (exact) mass is 320 g/mol. The number of ketones is 1. The molecular weight excluding hydrogens is 304 g/mol. The van der Waals surface area contributed by atoms with Crippen LogP contribution in [0, 0.1) is 0 Å². The summed E-state index contributed by atoms with van der Waals surface area (Å²) in [5.74, 6) is 0.893. The maximum Gasteiger partial charge on any atom is 0.193 e. The highest BCUT2D eigenvalue weighted by Crippen LogP contribution is 2.29. The Bertz CT molecular complexity index is 778. The summed E-state index contributed by atoms with van der Waals surface area (Å²) in [5, 5.41) is 0. The second kappa shape index (κ2) is 7.16. The topological polar surface area (TPSA) is 26.3 Å². The number of benzene rings is 3. The molecule has 114 valence electrons. The maximum absolute atomic E-state index is 12.4. The summed E-state index contributed by atoms with van der Waals surface area (Å²) < 4.78 is 5.16. The van der Waals surface area contributed by atoms with Gasteiger partial charge < -0.3 is 4.74 Å². The van der Waals surface area contributed by atoms with Gasteiger partial charge in [-0.2, -0.15) is 0 Å². The molecule has 2 nitrogen and oxygen atoms in total. The molecule has 0 heterocycles. The van der Waals surface area contributed by atoms with Crippen molar-refractivity contribution < 1.29 is 9.53 Å². The van der Waals surface area contributed by atoms with E-state index >= 15 is 0 Å². The van der Waals surface area contributed by atoms with E-state index in [4.69, 9.17) is 4.74 Å². The number of carbonyl (C=O) groups is 1. The Morgan fingerprint density at radius 2 is 1.26 bits per heavy atom.